The quantitative estimate of drug-likeness (QED) is 0.372. The van der Waals surface area contributed by atoms with Gasteiger partial charge in [-0.05, 0) is 83.5 Å². The van der Waals surface area contributed by atoms with Gasteiger partial charge in [-0.2, -0.15) is 12.6 Å². The third kappa shape index (κ3) is 8.59. The monoisotopic (exact) mass is 531 g/mol. The van der Waals surface area contributed by atoms with Crippen LogP contribution in [-0.2, 0) is 14.3 Å². The number of carbonyl (C=O) groups excluding carboxylic acids is 3. The molecule has 0 aliphatic heterocycles. The van der Waals surface area contributed by atoms with Gasteiger partial charge in [-0.15, -0.1) is 0 Å². The molecule has 202 valence electrons. The Labute approximate surface area is 223 Å². The Morgan fingerprint density at radius 3 is 2.00 bits per heavy atom. The number of aromatic hydroxyl groups is 1. The second-order valence-electron chi connectivity index (χ2n) is 10.5. The predicted molar refractivity (Wildman–Crippen MR) is 146 cm³/mol. The Morgan fingerprint density at radius 1 is 0.973 bits per heavy atom. The van der Waals surface area contributed by atoms with Crippen molar-refractivity contribution in [3.63, 3.8) is 0 Å². The van der Waals surface area contributed by atoms with Gasteiger partial charge in [0.15, 0.2) is 0 Å². The highest BCUT2D eigenvalue weighted by molar-refractivity contribution is 7.80. The highest BCUT2D eigenvalue weighted by atomic mass is 32.1. The minimum atomic E-state index is -1.10. The molecule has 2 aromatic rings. The van der Waals surface area contributed by atoms with Crippen molar-refractivity contribution < 1.29 is 29.0 Å². The third-order valence-electron chi connectivity index (χ3n) is 5.20. The van der Waals surface area contributed by atoms with E-state index in [9.17, 15) is 19.5 Å². The first-order valence-electron chi connectivity index (χ1n) is 11.8. The van der Waals surface area contributed by atoms with Gasteiger partial charge in [-0.25, -0.2) is 4.79 Å². The summed E-state index contributed by atoms with van der Waals surface area (Å²) in [4.78, 5) is 41.5. The van der Waals surface area contributed by atoms with E-state index in [0.29, 0.717) is 17.0 Å². The predicted octanol–water partition coefficient (Wildman–Crippen LogP) is 4.53. The van der Waals surface area contributed by atoms with E-state index >= 15 is 0 Å². The molecule has 37 heavy (non-hydrogen) atoms. The summed E-state index contributed by atoms with van der Waals surface area (Å²) in [6, 6.07) is 10.7. The lowest BCUT2D eigenvalue weighted by molar-refractivity contribution is -0.146. The lowest BCUT2D eigenvalue weighted by Gasteiger charge is -2.43. The van der Waals surface area contributed by atoms with E-state index in [1.54, 1.807) is 85.1 Å². The lowest BCUT2D eigenvalue weighted by Crippen LogP contribution is -2.58. The second kappa shape index (κ2) is 12.2. The van der Waals surface area contributed by atoms with Crippen molar-refractivity contribution in [1.82, 2.24) is 10.2 Å². The number of carbonyl (C=O) groups is 3. The molecule has 0 saturated carbocycles. The zero-order valence-electron chi connectivity index (χ0n) is 22.4. The van der Waals surface area contributed by atoms with Crippen LogP contribution in [0.1, 0.15) is 53.1 Å². The lowest BCUT2D eigenvalue weighted by atomic mass is 9.95. The molecule has 3 amide bonds. The fourth-order valence-corrected chi connectivity index (χ4v) is 3.86. The molecule has 9 nitrogen and oxygen atoms in total. The summed E-state index contributed by atoms with van der Waals surface area (Å²) < 4.78 is 10.5. The molecule has 2 rings (SSSR count). The first-order chi connectivity index (χ1) is 17.2. The Morgan fingerprint density at radius 2 is 1.54 bits per heavy atom. The molecule has 2 aromatic carbocycles. The molecule has 0 aliphatic rings. The van der Waals surface area contributed by atoms with E-state index < -0.39 is 41.1 Å². The molecule has 0 heterocycles. The zero-order chi connectivity index (χ0) is 28.0. The van der Waals surface area contributed by atoms with Crippen molar-refractivity contribution in [2.24, 2.45) is 0 Å². The molecule has 0 spiro atoms. The van der Waals surface area contributed by atoms with Crippen LogP contribution < -0.4 is 15.4 Å². The smallest absolute Gasteiger partial charge is 0.408 e. The highest BCUT2D eigenvalue weighted by Gasteiger charge is 2.41. The Hall–Kier alpha value is -3.40. The number of benzene rings is 2. The molecule has 0 bridgehead atoms. The van der Waals surface area contributed by atoms with Crippen LogP contribution in [0.15, 0.2) is 48.5 Å². The second-order valence-corrected chi connectivity index (χ2v) is 10.8. The summed E-state index contributed by atoms with van der Waals surface area (Å²) in [7, 11) is 1.55. The van der Waals surface area contributed by atoms with Crippen molar-refractivity contribution in [2.75, 3.05) is 18.2 Å². The molecule has 2 atom stereocenters. The number of nitrogens with zero attached hydrogens (tertiary/aromatic N) is 1. The fraction of sp³-hybridized carbons (Fsp3) is 0.444. The molecule has 0 fully saturated rings. The summed E-state index contributed by atoms with van der Waals surface area (Å²) >= 11 is 4.29. The van der Waals surface area contributed by atoms with Crippen LogP contribution in [0.4, 0.5) is 10.5 Å². The van der Waals surface area contributed by atoms with Gasteiger partial charge in [0.05, 0.1) is 7.11 Å². The first-order valence-corrected chi connectivity index (χ1v) is 12.5. The topological polar surface area (TPSA) is 117 Å². The largest absolute Gasteiger partial charge is 0.508 e. The van der Waals surface area contributed by atoms with E-state index in [4.69, 9.17) is 9.47 Å². The van der Waals surface area contributed by atoms with Gasteiger partial charge in [0, 0.05) is 17.0 Å². The van der Waals surface area contributed by atoms with Gasteiger partial charge < -0.3 is 30.1 Å². The summed E-state index contributed by atoms with van der Waals surface area (Å²) in [5, 5.41) is 15.3. The van der Waals surface area contributed by atoms with Gasteiger partial charge in [-0.3, -0.25) is 9.59 Å². The van der Waals surface area contributed by atoms with Gasteiger partial charge in [0.25, 0.3) is 5.91 Å². The Kier molecular flexibility index (Phi) is 9.86. The van der Waals surface area contributed by atoms with Crippen molar-refractivity contribution in [3.8, 4) is 11.5 Å². The normalized spacial score (nSPS) is 13.2. The van der Waals surface area contributed by atoms with Crippen LogP contribution in [0.5, 0.6) is 11.5 Å². The van der Waals surface area contributed by atoms with Gasteiger partial charge >= 0.3 is 6.09 Å². The van der Waals surface area contributed by atoms with E-state index in [-0.39, 0.29) is 11.5 Å². The molecule has 10 heteroatoms. The van der Waals surface area contributed by atoms with Crippen LogP contribution in [0.25, 0.3) is 0 Å². The number of methoxy groups -OCH3 is 1. The van der Waals surface area contributed by atoms with Crippen LogP contribution in [-0.4, -0.2) is 58.0 Å². The molecule has 3 N–H and O–H groups in total. The molecule has 0 aliphatic carbocycles. The number of alkyl carbamates (subject to hydrolysis) is 1. The van der Waals surface area contributed by atoms with Gasteiger partial charge in [-0.1, -0.05) is 12.1 Å². The average Bonchev–Trinajstić information content (AvgIpc) is 2.79. The summed E-state index contributed by atoms with van der Waals surface area (Å²) in [5.74, 6) is -0.367. The van der Waals surface area contributed by atoms with Crippen molar-refractivity contribution in [3.05, 3.63) is 54.1 Å². The maximum Gasteiger partial charge on any atom is 0.408 e. The maximum absolute atomic E-state index is 13.9. The van der Waals surface area contributed by atoms with Crippen molar-refractivity contribution in [1.29, 1.82) is 0 Å². The van der Waals surface area contributed by atoms with Crippen LogP contribution in [0, 0.1) is 0 Å². The number of rotatable bonds is 8. The SMILES string of the molecule is COc1ccc(NC(=O)C(c2ccc(O)cc2)N(C(=O)C(CS)NC(=O)OC(C)(C)C)C(C)(C)C)cc1. The fourth-order valence-electron chi connectivity index (χ4n) is 3.61. The zero-order valence-corrected chi connectivity index (χ0v) is 23.3. The molecular weight excluding hydrogens is 494 g/mol. The summed E-state index contributed by atoms with van der Waals surface area (Å²) in [5.41, 5.74) is -0.630. The molecule has 0 saturated heterocycles. The van der Waals surface area contributed by atoms with E-state index in [2.05, 4.69) is 23.3 Å². The van der Waals surface area contributed by atoms with Crippen molar-refractivity contribution >= 4 is 36.2 Å². The average molecular weight is 532 g/mol. The minimum absolute atomic E-state index is 0.0199. The van der Waals surface area contributed by atoms with E-state index in [0.717, 1.165) is 0 Å². The standard InChI is InChI=1S/C27H37N3O6S/c1-26(2,3)30(24(33)21(16-37)29-25(34)36-27(4,5)6)22(17-8-12-19(31)13-9-17)23(32)28-18-10-14-20(35-7)15-11-18/h8-15,21-22,31,37H,16H2,1-7H3,(H,28,32)(H,29,34). The Balaban J connectivity index is 2.49. The number of phenolic OH excluding ortho intramolecular Hbond substituents is 1. The van der Waals surface area contributed by atoms with Crippen LogP contribution >= 0.6 is 12.6 Å². The number of anilines is 1. The van der Waals surface area contributed by atoms with Gasteiger partial charge in [0.1, 0.15) is 29.2 Å². The van der Waals surface area contributed by atoms with Gasteiger partial charge in [0.2, 0.25) is 5.91 Å². The van der Waals surface area contributed by atoms with E-state index in [1.165, 1.54) is 17.0 Å². The number of hydrogen-bond acceptors (Lipinski definition) is 7. The van der Waals surface area contributed by atoms with Crippen molar-refractivity contribution in [2.45, 2.75) is 64.8 Å². The summed E-state index contributed by atoms with van der Waals surface area (Å²) in [6.07, 6.45) is -0.766. The first kappa shape index (κ1) is 29.8. The van der Waals surface area contributed by atoms with Crippen LogP contribution in [0.3, 0.4) is 0 Å². The number of phenols is 1. The Bertz CT molecular complexity index is 1080. The number of amides is 3. The minimum Gasteiger partial charge on any atom is -0.508 e. The number of ether oxygens (including phenoxy) is 2. The maximum atomic E-state index is 13.9. The third-order valence-corrected chi connectivity index (χ3v) is 5.57. The number of nitrogens with one attached hydrogen (secondary N) is 2. The molecule has 2 unspecified atom stereocenters. The summed E-state index contributed by atoms with van der Waals surface area (Å²) in [6.45, 7) is 10.5. The number of thiol groups is 1. The van der Waals surface area contributed by atoms with Crippen LogP contribution in [0.2, 0.25) is 0 Å². The number of hydrogen-bond donors (Lipinski definition) is 4. The van der Waals surface area contributed by atoms with E-state index in [1.807, 2.05) is 0 Å². The highest BCUT2D eigenvalue weighted by Crippen LogP contribution is 2.32. The molecular formula is C27H37N3O6S. The molecule has 0 radical (unpaired) electrons. The molecule has 0 aromatic heterocycles.